The van der Waals surface area contributed by atoms with E-state index in [-0.39, 0.29) is 11.8 Å². The Labute approximate surface area is 180 Å². The minimum absolute atomic E-state index is 0.165. The van der Waals surface area contributed by atoms with Crippen LogP contribution in [0, 0.1) is 5.92 Å². The van der Waals surface area contributed by atoms with E-state index < -0.39 is 6.04 Å². The van der Waals surface area contributed by atoms with Gasteiger partial charge in [0.25, 0.3) is 5.91 Å². The molecule has 0 bridgehead atoms. The first kappa shape index (κ1) is 21.6. The van der Waals surface area contributed by atoms with Crippen LogP contribution in [-0.4, -0.2) is 30.2 Å². The number of hydrogen-bond acceptors (Lipinski definition) is 5. The van der Waals surface area contributed by atoms with Crippen molar-refractivity contribution in [3.63, 3.8) is 0 Å². The first-order chi connectivity index (χ1) is 13.8. The predicted octanol–water partition coefficient (Wildman–Crippen LogP) is 3.20. The third-order valence-corrected chi connectivity index (χ3v) is 5.91. The molecule has 0 unspecified atom stereocenters. The molecule has 1 aliphatic heterocycles. The van der Waals surface area contributed by atoms with Crippen molar-refractivity contribution >= 4 is 40.9 Å². The molecule has 0 aliphatic carbocycles. The maximum absolute atomic E-state index is 13.0. The van der Waals surface area contributed by atoms with E-state index in [0.29, 0.717) is 41.0 Å². The zero-order valence-electron chi connectivity index (χ0n) is 16.4. The normalized spacial score (nSPS) is 16.5. The molecule has 0 spiro atoms. The summed E-state index contributed by atoms with van der Waals surface area (Å²) in [7, 11) is 0. The van der Waals surface area contributed by atoms with Crippen molar-refractivity contribution in [2.45, 2.75) is 31.3 Å². The number of halogens is 1. The summed E-state index contributed by atoms with van der Waals surface area (Å²) in [5.74, 6) is 0.491. The van der Waals surface area contributed by atoms with Gasteiger partial charge in [-0.3, -0.25) is 15.0 Å². The van der Waals surface area contributed by atoms with Gasteiger partial charge in [-0.25, -0.2) is 5.43 Å². The lowest BCUT2D eigenvalue weighted by molar-refractivity contribution is -0.119. The highest BCUT2D eigenvalue weighted by molar-refractivity contribution is 7.99. The largest absolute Gasteiger partial charge is 0.319 e. The number of carbonyl (C=O) groups excluding carboxylic acids is 2. The Morgan fingerprint density at radius 2 is 2.00 bits per heavy atom. The van der Waals surface area contributed by atoms with E-state index in [1.54, 1.807) is 29.2 Å². The first-order valence-corrected chi connectivity index (χ1v) is 10.8. The van der Waals surface area contributed by atoms with Gasteiger partial charge >= 0.3 is 0 Å². The highest BCUT2D eigenvalue weighted by Gasteiger charge is 2.29. The molecule has 2 aromatic rings. The quantitative estimate of drug-likeness (QED) is 0.610. The highest BCUT2D eigenvalue weighted by Crippen LogP contribution is 2.36. The summed E-state index contributed by atoms with van der Waals surface area (Å²) >= 11 is 7.50. The van der Waals surface area contributed by atoms with Crippen LogP contribution in [0.5, 0.6) is 0 Å². The maximum Gasteiger partial charge on any atom is 0.265 e. The van der Waals surface area contributed by atoms with Crippen molar-refractivity contribution in [3.8, 4) is 0 Å². The van der Waals surface area contributed by atoms with Gasteiger partial charge in [0, 0.05) is 27.8 Å². The Balaban J connectivity index is 1.89. The van der Waals surface area contributed by atoms with Crippen molar-refractivity contribution in [3.05, 3.63) is 58.6 Å². The van der Waals surface area contributed by atoms with Crippen LogP contribution in [0.25, 0.3) is 0 Å². The molecule has 1 heterocycles. The van der Waals surface area contributed by atoms with Crippen LogP contribution in [0.1, 0.15) is 29.8 Å². The molecule has 2 aromatic carbocycles. The van der Waals surface area contributed by atoms with Gasteiger partial charge in [0.05, 0.1) is 18.3 Å². The molecule has 3 rings (SSSR count). The lowest BCUT2D eigenvalue weighted by Gasteiger charge is -2.25. The van der Waals surface area contributed by atoms with Crippen LogP contribution in [0.2, 0.25) is 5.02 Å². The molecule has 6 nitrogen and oxygen atoms in total. The number of thioether (sulfide) groups is 1. The summed E-state index contributed by atoms with van der Waals surface area (Å²) in [6.45, 7) is 5.14. The maximum atomic E-state index is 13.0. The fourth-order valence-electron chi connectivity index (χ4n) is 2.90. The van der Waals surface area contributed by atoms with Gasteiger partial charge in [0.15, 0.2) is 0 Å². The molecule has 4 N–H and O–H groups in total. The van der Waals surface area contributed by atoms with E-state index in [2.05, 4.69) is 24.7 Å². The second-order valence-corrected chi connectivity index (χ2v) is 8.88. The molecular formula is C21H25ClN4O2S. The van der Waals surface area contributed by atoms with Gasteiger partial charge in [-0.1, -0.05) is 37.6 Å². The molecule has 29 heavy (non-hydrogen) atoms. The number of hydrazine groups is 1. The number of rotatable bonds is 6. The van der Waals surface area contributed by atoms with E-state index in [4.69, 9.17) is 17.3 Å². The SMILES string of the molecule is CC(C)CNNC(=O)c1ccc2c(c1)N(Cc1ccc(Cl)cc1)C(=O)[C@@H](N)CS2. The monoisotopic (exact) mass is 432 g/mol. The Morgan fingerprint density at radius 1 is 1.28 bits per heavy atom. The summed E-state index contributed by atoms with van der Waals surface area (Å²) in [4.78, 5) is 28.1. The second kappa shape index (κ2) is 9.63. The Kier molecular flexibility index (Phi) is 7.18. The van der Waals surface area contributed by atoms with Crippen molar-refractivity contribution in [1.29, 1.82) is 0 Å². The zero-order chi connectivity index (χ0) is 21.0. The summed E-state index contributed by atoms with van der Waals surface area (Å²) < 4.78 is 0. The molecule has 154 valence electrons. The van der Waals surface area contributed by atoms with Crippen molar-refractivity contribution < 1.29 is 9.59 Å². The molecule has 1 atom stereocenters. The molecule has 0 aromatic heterocycles. The summed E-state index contributed by atoms with van der Waals surface area (Å²) in [5.41, 5.74) is 13.8. The second-order valence-electron chi connectivity index (χ2n) is 7.38. The smallest absolute Gasteiger partial charge is 0.265 e. The van der Waals surface area contributed by atoms with E-state index in [9.17, 15) is 9.59 Å². The Bertz CT molecular complexity index is 889. The van der Waals surface area contributed by atoms with E-state index in [0.717, 1.165) is 10.5 Å². The number of nitrogens with two attached hydrogens (primary N) is 1. The molecular weight excluding hydrogens is 408 g/mol. The van der Waals surface area contributed by atoms with E-state index in [1.807, 2.05) is 18.2 Å². The number of carbonyl (C=O) groups is 2. The zero-order valence-corrected chi connectivity index (χ0v) is 18.0. The van der Waals surface area contributed by atoms with E-state index >= 15 is 0 Å². The van der Waals surface area contributed by atoms with Crippen LogP contribution >= 0.6 is 23.4 Å². The molecule has 0 saturated carbocycles. The van der Waals surface area contributed by atoms with Gasteiger partial charge in [-0.15, -0.1) is 11.8 Å². The topological polar surface area (TPSA) is 87.5 Å². The van der Waals surface area contributed by atoms with Crippen LogP contribution in [-0.2, 0) is 11.3 Å². The number of benzene rings is 2. The molecule has 2 amide bonds. The van der Waals surface area contributed by atoms with Crippen LogP contribution in [0.15, 0.2) is 47.4 Å². The van der Waals surface area contributed by atoms with E-state index in [1.165, 1.54) is 11.8 Å². The van der Waals surface area contributed by atoms with Crippen LogP contribution in [0.4, 0.5) is 5.69 Å². The average molecular weight is 433 g/mol. The molecule has 8 heteroatoms. The number of amides is 2. The minimum Gasteiger partial charge on any atom is -0.319 e. The Hall–Kier alpha value is -2.06. The fourth-order valence-corrected chi connectivity index (χ4v) is 4.01. The molecule has 1 aliphatic rings. The molecule has 0 radical (unpaired) electrons. The fraction of sp³-hybridized carbons (Fsp3) is 0.333. The van der Waals surface area contributed by atoms with Gasteiger partial charge in [-0.05, 0) is 41.8 Å². The third-order valence-electron chi connectivity index (χ3n) is 4.48. The summed E-state index contributed by atoms with van der Waals surface area (Å²) in [5, 5.41) is 0.636. The minimum atomic E-state index is -0.607. The highest BCUT2D eigenvalue weighted by atomic mass is 35.5. The van der Waals surface area contributed by atoms with Crippen molar-refractivity contribution in [2.24, 2.45) is 11.7 Å². The number of fused-ring (bicyclic) bond motifs is 1. The number of hydrogen-bond donors (Lipinski definition) is 3. The standard InChI is InChI=1S/C21H25ClN4O2S/c1-13(2)10-24-25-20(27)15-5-8-19-18(9-15)26(21(28)17(23)12-29-19)11-14-3-6-16(22)7-4-14/h3-9,13,17,24H,10-12,23H2,1-2H3,(H,25,27)/t17-/m0/s1. The lowest BCUT2D eigenvalue weighted by atomic mass is 10.1. The van der Waals surface area contributed by atoms with Gasteiger partial charge in [-0.2, -0.15) is 0 Å². The summed E-state index contributed by atoms with van der Waals surface area (Å²) in [6, 6.07) is 12.1. The molecule has 0 fully saturated rings. The van der Waals surface area contributed by atoms with Crippen molar-refractivity contribution in [1.82, 2.24) is 10.9 Å². The molecule has 0 saturated heterocycles. The van der Waals surface area contributed by atoms with Crippen molar-refractivity contribution in [2.75, 3.05) is 17.2 Å². The number of anilines is 1. The number of nitrogens with one attached hydrogen (secondary N) is 2. The van der Waals surface area contributed by atoms with Gasteiger partial charge in [0.2, 0.25) is 5.91 Å². The summed E-state index contributed by atoms with van der Waals surface area (Å²) in [6.07, 6.45) is 0. The third kappa shape index (κ3) is 5.51. The average Bonchev–Trinajstić information content (AvgIpc) is 2.81. The number of nitrogens with zero attached hydrogens (tertiary/aromatic N) is 1. The first-order valence-electron chi connectivity index (χ1n) is 9.46. The Morgan fingerprint density at radius 3 is 2.69 bits per heavy atom. The van der Waals surface area contributed by atoms with Crippen LogP contribution in [0.3, 0.4) is 0 Å². The van der Waals surface area contributed by atoms with Gasteiger partial charge < -0.3 is 10.6 Å². The van der Waals surface area contributed by atoms with Gasteiger partial charge in [0.1, 0.15) is 0 Å². The predicted molar refractivity (Wildman–Crippen MR) is 118 cm³/mol. The lowest BCUT2D eigenvalue weighted by Crippen LogP contribution is -2.44. The van der Waals surface area contributed by atoms with Crippen LogP contribution < -0.4 is 21.5 Å².